The molecule has 4 heteroatoms. The molecule has 4 nitrogen and oxygen atoms in total. The van der Waals surface area contributed by atoms with Crippen molar-refractivity contribution in [3.63, 3.8) is 0 Å². The maximum Gasteiger partial charge on any atom is 0.161 e. The predicted octanol–water partition coefficient (Wildman–Crippen LogP) is 2.01. The third kappa shape index (κ3) is 2.88. The Morgan fingerprint density at radius 3 is 2.56 bits per heavy atom. The smallest absolute Gasteiger partial charge is 0.161 e. The molecule has 0 saturated heterocycles. The summed E-state index contributed by atoms with van der Waals surface area (Å²) < 4.78 is 10.3. The summed E-state index contributed by atoms with van der Waals surface area (Å²) in [5.41, 5.74) is 6.90. The van der Waals surface area contributed by atoms with Crippen LogP contribution in [-0.4, -0.2) is 14.2 Å². The molecule has 0 spiro atoms. The van der Waals surface area contributed by atoms with Gasteiger partial charge in [0.15, 0.2) is 11.5 Å². The average molecular weight is 220 g/mol. The number of hydrogen-bond acceptors (Lipinski definition) is 4. The lowest BCUT2D eigenvalue weighted by atomic mass is 10.0. The van der Waals surface area contributed by atoms with Crippen LogP contribution >= 0.6 is 0 Å². The second kappa shape index (κ2) is 5.99. The van der Waals surface area contributed by atoms with Crippen LogP contribution in [0.1, 0.15) is 24.4 Å². The van der Waals surface area contributed by atoms with Gasteiger partial charge in [-0.1, -0.05) is 6.07 Å². The number of hydrogen-bond donors (Lipinski definition) is 1. The highest BCUT2D eigenvalue weighted by Crippen LogP contribution is 2.30. The second-order valence-corrected chi connectivity index (χ2v) is 3.42. The second-order valence-electron chi connectivity index (χ2n) is 3.42. The van der Waals surface area contributed by atoms with Crippen molar-refractivity contribution >= 4 is 0 Å². The summed E-state index contributed by atoms with van der Waals surface area (Å²) in [6, 6.07) is 7.50. The number of nitrogens with zero attached hydrogens (tertiary/aromatic N) is 1. The molecular weight excluding hydrogens is 204 g/mol. The van der Waals surface area contributed by atoms with Gasteiger partial charge in [-0.2, -0.15) is 5.26 Å². The van der Waals surface area contributed by atoms with E-state index in [4.69, 9.17) is 20.5 Å². The van der Waals surface area contributed by atoms with Gasteiger partial charge in [-0.3, -0.25) is 0 Å². The summed E-state index contributed by atoms with van der Waals surface area (Å²) in [4.78, 5) is 0. The largest absolute Gasteiger partial charge is 0.493 e. The Kier molecular flexibility index (Phi) is 4.62. The van der Waals surface area contributed by atoms with Crippen molar-refractivity contribution in [3.05, 3.63) is 23.8 Å². The first-order chi connectivity index (χ1) is 7.72. The first-order valence-electron chi connectivity index (χ1n) is 5.07. The minimum absolute atomic E-state index is 0.139. The summed E-state index contributed by atoms with van der Waals surface area (Å²) in [5, 5.41) is 8.49. The van der Waals surface area contributed by atoms with Crippen molar-refractivity contribution in [2.45, 2.75) is 18.9 Å². The summed E-state index contributed by atoms with van der Waals surface area (Å²) in [6.45, 7) is 0. The first kappa shape index (κ1) is 12.3. The molecule has 0 aliphatic rings. The number of nitrogens with two attached hydrogens (primary N) is 1. The van der Waals surface area contributed by atoms with Crippen molar-refractivity contribution in [3.8, 4) is 17.6 Å². The van der Waals surface area contributed by atoms with E-state index >= 15 is 0 Å². The highest BCUT2D eigenvalue weighted by Gasteiger charge is 2.10. The lowest BCUT2D eigenvalue weighted by Gasteiger charge is -2.13. The zero-order chi connectivity index (χ0) is 12.0. The summed E-state index contributed by atoms with van der Waals surface area (Å²) in [7, 11) is 3.18. The Balaban J connectivity index is 2.86. The Hall–Kier alpha value is -1.73. The zero-order valence-corrected chi connectivity index (χ0v) is 9.56. The molecule has 0 aliphatic heterocycles. The molecule has 0 aliphatic carbocycles. The maximum atomic E-state index is 8.49. The zero-order valence-electron chi connectivity index (χ0n) is 9.56. The normalized spacial score (nSPS) is 11.6. The highest BCUT2D eigenvalue weighted by atomic mass is 16.5. The third-order valence-electron chi connectivity index (χ3n) is 2.40. The van der Waals surface area contributed by atoms with Gasteiger partial charge in [0.2, 0.25) is 0 Å². The number of benzene rings is 1. The van der Waals surface area contributed by atoms with Gasteiger partial charge in [0.05, 0.1) is 20.3 Å². The van der Waals surface area contributed by atoms with Gasteiger partial charge in [0, 0.05) is 12.5 Å². The van der Waals surface area contributed by atoms with E-state index in [0.717, 1.165) is 5.56 Å². The molecular formula is C12H16N2O2. The highest BCUT2D eigenvalue weighted by molar-refractivity contribution is 5.43. The van der Waals surface area contributed by atoms with Crippen molar-refractivity contribution in [2.75, 3.05) is 14.2 Å². The van der Waals surface area contributed by atoms with Crippen LogP contribution in [0.4, 0.5) is 0 Å². The van der Waals surface area contributed by atoms with E-state index in [2.05, 4.69) is 6.07 Å². The fraction of sp³-hybridized carbons (Fsp3) is 0.417. The predicted molar refractivity (Wildman–Crippen MR) is 61.3 cm³/mol. The molecule has 1 unspecified atom stereocenters. The molecule has 86 valence electrons. The summed E-state index contributed by atoms with van der Waals surface area (Å²) >= 11 is 0. The first-order valence-corrected chi connectivity index (χ1v) is 5.07. The van der Waals surface area contributed by atoms with E-state index in [1.165, 1.54) is 0 Å². The van der Waals surface area contributed by atoms with Crippen molar-refractivity contribution in [2.24, 2.45) is 5.73 Å². The van der Waals surface area contributed by atoms with Crippen LogP contribution in [0.2, 0.25) is 0 Å². The molecule has 16 heavy (non-hydrogen) atoms. The van der Waals surface area contributed by atoms with Crippen LogP contribution in [0.25, 0.3) is 0 Å². The van der Waals surface area contributed by atoms with Crippen LogP contribution in [-0.2, 0) is 0 Å². The number of rotatable bonds is 5. The van der Waals surface area contributed by atoms with E-state index in [9.17, 15) is 0 Å². The van der Waals surface area contributed by atoms with E-state index in [0.29, 0.717) is 24.3 Å². The van der Waals surface area contributed by atoms with Gasteiger partial charge in [0.1, 0.15) is 0 Å². The Labute approximate surface area is 95.6 Å². The molecule has 2 N–H and O–H groups in total. The molecule has 1 atom stereocenters. The van der Waals surface area contributed by atoms with Crippen LogP contribution in [0.3, 0.4) is 0 Å². The minimum Gasteiger partial charge on any atom is -0.493 e. The number of ether oxygens (including phenoxy) is 2. The van der Waals surface area contributed by atoms with Gasteiger partial charge >= 0.3 is 0 Å². The van der Waals surface area contributed by atoms with Gasteiger partial charge in [-0.15, -0.1) is 0 Å². The Bertz CT molecular complexity index is 385. The standard InChI is InChI=1S/C12H16N2O2/c1-15-11-6-5-9(8-12(11)16-2)10(14)4-3-7-13/h5-6,8,10H,3-4,14H2,1-2H3. The molecule has 0 aromatic heterocycles. The van der Waals surface area contributed by atoms with Gasteiger partial charge < -0.3 is 15.2 Å². The maximum absolute atomic E-state index is 8.49. The lowest BCUT2D eigenvalue weighted by Crippen LogP contribution is -2.10. The van der Waals surface area contributed by atoms with Crippen molar-refractivity contribution in [1.82, 2.24) is 0 Å². The monoisotopic (exact) mass is 220 g/mol. The van der Waals surface area contributed by atoms with Gasteiger partial charge in [-0.25, -0.2) is 0 Å². The minimum atomic E-state index is -0.139. The van der Waals surface area contributed by atoms with Crippen molar-refractivity contribution in [1.29, 1.82) is 5.26 Å². The lowest BCUT2D eigenvalue weighted by molar-refractivity contribution is 0.354. The molecule has 0 saturated carbocycles. The van der Waals surface area contributed by atoms with Crippen LogP contribution < -0.4 is 15.2 Å². The van der Waals surface area contributed by atoms with Crippen molar-refractivity contribution < 1.29 is 9.47 Å². The Morgan fingerprint density at radius 1 is 1.31 bits per heavy atom. The SMILES string of the molecule is COc1ccc(C(N)CCC#N)cc1OC. The third-order valence-corrected chi connectivity index (χ3v) is 2.40. The van der Waals surface area contributed by atoms with E-state index < -0.39 is 0 Å². The van der Waals surface area contributed by atoms with Gasteiger partial charge in [-0.05, 0) is 24.1 Å². The summed E-state index contributed by atoms with van der Waals surface area (Å²) in [6.07, 6.45) is 1.10. The molecule has 1 aromatic rings. The summed E-state index contributed by atoms with van der Waals surface area (Å²) in [5.74, 6) is 1.34. The van der Waals surface area contributed by atoms with E-state index in [1.54, 1.807) is 14.2 Å². The van der Waals surface area contributed by atoms with Crippen LogP contribution in [0.5, 0.6) is 11.5 Å². The quantitative estimate of drug-likeness (QED) is 0.824. The fourth-order valence-corrected chi connectivity index (χ4v) is 1.47. The molecule has 0 bridgehead atoms. The van der Waals surface area contributed by atoms with E-state index in [-0.39, 0.29) is 6.04 Å². The number of nitriles is 1. The molecule has 1 aromatic carbocycles. The molecule has 0 amide bonds. The Morgan fingerprint density at radius 2 is 2.00 bits per heavy atom. The van der Waals surface area contributed by atoms with E-state index in [1.807, 2.05) is 18.2 Å². The molecule has 0 radical (unpaired) electrons. The van der Waals surface area contributed by atoms with Crippen LogP contribution in [0, 0.1) is 11.3 Å². The van der Waals surface area contributed by atoms with Crippen LogP contribution in [0.15, 0.2) is 18.2 Å². The van der Waals surface area contributed by atoms with Gasteiger partial charge in [0.25, 0.3) is 0 Å². The average Bonchev–Trinajstić information content (AvgIpc) is 2.34. The fourth-order valence-electron chi connectivity index (χ4n) is 1.47. The molecule has 1 rings (SSSR count). The molecule has 0 fully saturated rings. The number of methoxy groups -OCH3 is 2. The molecule has 0 heterocycles. The topological polar surface area (TPSA) is 68.3 Å².